The Balaban J connectivity index is 2.62. The highest BCUT2D eigenvalue weighted by molar-refractivity contribution is 5.98. The van der Waals surface area contributed by atoms with E-state index >= 15 is 0 Å². The number of ether oxygens (including phenoxy) is 2. The summed E-state index contributed by atoms with van der Waals surface area (Å²) in [4.78, 5) is 12.5. The van der Waals surface area contributed by atoms with Gasteiger partial charge in [-0.15, -0.1) is 0 Å². The monoisotopic (exact) mass is 340 g/mol. The normalized spacial score (nSPS) is 10.6. The van der Waals surface area contributed by atoms with Gasteiger partial charge in [0, 0.05) is 18.3 Å². The van der Waals surface area contributed by atoms with E-state index < -0.39 is 5.97 Å². The van der Waals surface area contributed by atoms with Gasteiger partial charge in [-0.1, -0.05) is 19.1 Å². The molecular formula is C20H24N2O3. The van der Waals surface area contributed by atoms with Crippen LogP contribution in [0.1, 0.15) is 49.4 Å². The van der Waals surface area contributed by atoms with Crippen molar-refractivity contribution < 1.29 is 14.3 Å². The molecule has 0 amide bonds. The van der Waals surface area contributed by atoms with Gasteiger partial charge in [-0.05, 0) is 44.9 Å². The van der Waals surface area contributed by atoms with Crippen molar-refractivity contribution in [1.29, 1.82) is 5.26 Å². The minimum Gasteiger partial charge on any atom is -0.491 e. The first-order chi connectivity index (χ1) is 11.9. The van der Waals surface area contributed by atoms with E-state index in [9.17, 15) is 10.1 Å². The summed E-state index contributed by atoms with van der Waals surface area (Å²) in [5, 5.41) is 9.67. The molecule has 0 atom stereocenters. The number of rotatable bonds is 6. The summed E-state index contributed by atoms with van der Waals surface area (Å²) in [5.74, 6) is 0.334. The molecule has 0 aliphatic heterocycles. The van der Waals surface area contributed by atoms with E-state index in [1.807, 2.05) is 45.0 Å². The molecule has 1 aromatic heterocycles. The molecule has 0 spiro atoms. The van der Waals surface area contributed by atoms with E-state index in [2.05, 4.69) is 6.07 Å². The van der Waals surface area contributed by atoms with Crippen LogP contribution in [0.25, 0.3) is 11.1 Å². The fourth-order valence-corrected chi connectivity index (χ4v) is 2.96. The molecule has 0 saturated carbocycles. The first-order valence-corrected chi connectivity index (χ1v) is 8.50. The van der Waals surface area contributed by atoms with Gasteiger partial charge in [-0.3, -0.25) is 0 Å². The Morgan fingerprint density at radius 1 is 1.24 bits per heavy atom. The van der Waals surface area contributed by atoms with Crippen molar-refractivity contribution >= 4 is 5.97 Å². The average molecular weight is 340 g/mol. The van der Waals surface area contributed by atoms with Crippen molar-refractivity contribution in [3.8, 4) is 22.9 Å². The van der Waals surface area contributed by atoms with Gasteiger partial charge in [0.25, 0.3) is 0 Å². The molecule has 2 aromatic rings. The zero-order chi connectivity index (χ0) is 18.6. The number of aromatic nitrogens is 1. The Bertz CT molecular complexity index is 796. The van der Waals surface area contributed by atoms with Crippen LogP contribution >= 0.6 is 0 Å². The number of nitriles is 1. The van der Waals surface area contributed by atoms with Gasteiger partial charge in [0.2, 0.25) is 0 Å². The van der Waals surface area contributed by atoms with Crippen LogP contribution in [-0.2, 0) is 18.2 Å². The standard InChI is InChI=1S/C20H24N2O3/c1-6-17-16(12-21)18(19(22(17)5)20(23)24-7-2)14-8-10-15(11-9-14)25-13(3)4/h8-11,13H,6-7H2,1-5H3. The first-order valence-electron chi connectivity index (χ1n) is 8.50. The third-order valence-corrected chi connectivity index (χ3v) is 3.95. The summed E-state index contributed by atoms with van der Waals surface area (Å²) < 4.78 is 12.6. The highest BCUT2D eigenvalue weighted by Crippen LogP contribution is 2.34. The van der Waals surface area contributed by atoms with Crippen molar-refractivity contribution in [3.63, 3.8) is 0 Å². The van der Waals surface area contributed by atoms with Crippen molar-refractivity contribution in [2.45, 2.75) is 40.2 Å². The van der Waals surface area contributed by atoms with E-state index in [1.165, 1.54) is 0 Å². The maximum absolute atomic E-state index is 12.5. The summed E-state index contributed by atoms with van der Waals surface area (Å²) in [5.41, 5.74) is 3.17. The maximum atomic E-state index is 12.5. The second kappa shape index (κ2) is 7.89. The molecule has 0 unspecified atom stereocenters. The molecule has 25 heavy (non-hydrogen) atoms. The molecule has 0 saturated heterocycles. The smallest absolute Gasteiger partial charge is 0.355 e. The zero-order valence-corrected chi connectivity index (χ0v) is 15.4. The number of carbonyl (C=O) groups is 1. The molecule has 5 heteroatoms. The Kier molecular flexibility index (Phi) is 5.87. The Morgan fingerprint density at radius 3 is 2.36 bits per heavy atom. The molecule has 1 heterocycles. The average Bonchev–Trinajstić information content (AvgIpc) is 2.86. The number of hydrogen-bond acceptors (Lipinski definition) is 4. The Hall–Kier alpha value is -2.74. The van der Waals surface area contributed by atoms with Crippen LogP contribution in [-0.4, -0.2) is 23.2 Å². The van der Waals surface area contributed by atoms with Crippen LogP contribution in [0.3, 0.4) is 0 Å². The van der Waals surface area contributed by atoms with Gasteiger partial charge < -0.3 is 14.0 Å². The van der Waals surface area contributed by atoms with E-state index in [-0.39, 0.29) is 12.7 Å². The summed E-state index contributed by atoms with van der Waals surface area (Å²) >= 11 is 0. The molecule has 1 aromatic carbocycles. The lowest BCUT2D eigenvalue weighted by atomic mass is 10.00. The van der Waals surface area contributed by atoms with Crippen LogP contribution < -0.4 is 4.74 Å². The number of benzene rings is 1. The molecular weight excluding hydrogens is 316 g/mol. The lowest BCUT2D eigenvalue weighted by Gasteiger charge is -2.11. The van der Waals surface area contributed by atoms with Crippen LogP contribution in [0.5, 0.6) is 5.75 Å². The lowest BCUT2D eigenvalue weighted by Crippen LogP contribution is -2.12. The summed E-state index contributed by atoms with van der Waals surface area (Å²) in [6, 6.07) is 9.70. The van der Waals surface area contributed by atoms with Gasteiger partial charge in [0.05, 0.1) is 18.3 Å². The van der Waals surface area contributed by atoms with Gasteiger partial charge in [0.1, 0.15) is 17.5 Å². The van der Waals surface area contributed by atoms with Crippen LogP contribution in [0, 0.1) is 11.3 Å². The van der Waals surface area contributed by atoms with Gasteiger partial charge >= 0.3 is 5.97 Å². The SMILES string of the molecule is CCOC(=O)c1c(-c2ccc(OC(C)C)cc2)c(C#N)c(CC)n1C. The molecule has 5 nitrogen and oxygen atoms in total. The van der Waals surface area contributed by atoms with Gasteiger partial charge in [-0.25, -0.2) is 4.79 Å². The van der Waals surface area contributed by atoms with Gasteiger partial charge in [0.15, 0.2) is 0 Å². The third-order valence-electron chi connectivity index (χ3n) is 3.95. The molecule has 0 aliphatic carbocycles. The number of esters is 1. The summed E-state index contributed by atoms with van der Waals surface area (Å²) in [6.45, 7) is 7.95. The van der Waals surface area contributed by atoms with E-state index in [4.69, 9.17) is 9.47 Å². The van der Waals surface area contributed by atoms with Crippen molar-refractivity contribution in [2.24, 2.45) is 7.05 Å². The minimum atomic E-state index is -0.418. The minimum absolute atomic E-state index is 0.0824. The number of hydrogen-bond donors (Lipinski definition) is 0. The Morgan fingerprint density at radius 2 is 1.88 bits per heavy atom. The molecule has 132 valence electrons. The van der Waals surface area contributed by atoms with E-state index in [1.54, 1.807) is 18.5 Å². The fourth-order valence-electron chi connectivity index (χ4n) is 2.96. The fraction of sp³-hybridized carbons (Fsp3) is 0.400. The maximum Gasteiger partial charge on any atom is 0.355 e. The van der Waals surface area contributed by atoms with E-state index in [0.717, 1.165) is 17.0 Å². The third kappa shape index (κ3) is 3.69. The molecule has 2 rings (SSSR count). The largest absolute Gasteiger partial charge is 0.491 e. The predicted octanol–water partition coefficient (Wildman–Crippen LogP) is 4.09. The predicted molar refractivity (Wildman–Crippen MR) is 96.7 cm³/mol. The molecule has 0 fully saturated rings. The number of carbonyl (C=O) groups excluding carboxylic acids is 1. The summed E-state index contributed by atoms with van der Waals surface area (Å²) in [7, 11) is 1.80. The van der Waals surface area contributed by atoms with Crippen LogP contribution in [0.2, 0.25) is 0 Å². The summed E-state index contributed by atoms with van der Waals surface area (Å²) in [6.07, 6.45) is 0.736. The number of nitrogens with zero attached hydrogens (tertiary/aromatic N) is 2. The molecule has 0 radical (unpaired) electrons. The van der Waals surface area contributed by atoms with Crippen molar-refractivity contribution in [2.75, 3.05) is 6.61 Å². The highest BCUT2D eigenvalue weighted by atomic mass is 16.5. The van der Waals surface area contributed by atoms with Gasteiger partial charge in [-0.2, -0.15) is 5.26 Å². The molecule has 0 bridgehead atoms. The van der Waals surface area contributed by atoms with Crippen molar-refractivity contribution in [1.82, 2.24) is 4.57 Å². The van der Waals surface area contributed by atoms with Crippen LogP contribution in [0.4, 0.5) is 0 Å². The van der Waals surface area contributed by atoms with E-state index in [0.29, 0.717) is 23.2 Å². The first kappa shape index (κ1) is 18.6. The highest BCUT2D eigenvalue weighted by Gasteiger charge is 2.26. The topological polar surface area (TPSA) is 64.2 Å². The quantitative estimate of drug-likeness (QED) is 0.743. The second-order valence-corrected chi connectivity index (χ2v) is 5.98. The lowest BCUT2D eigenvalue weighted by molar-refractivity contribution is 0.0516. The zero-order valence-electron chi connectivity index (χ0n) is 15.4. The molecule has 0 N–H and O–H groups in total. The Labute approximate surface area is 148 Å². The van der Waals surface area contributed by atoms with Crippen molar-refractivity contribution in [3.05, 3.63) is 41.2 Å². The van der Waals surface area contributed by atoms with Crippen LogP contribution in [0.15, 0.2) is 24.3 Å². The second-order valence-electron chi connectivity index (χ2n) is 5.98. The molecule has 0 aliphatic rings.